The van der Waals surface area contributed by atoms with Gasteiger partial charge in [-0.05, 0) is 17.7 Å². The molecule has 0 radical (unpaired) electrons. The van der Waals surface area contributed by atoms with Gasteiger partial charge >= 0.3 is 0 Å². The molecule has 2 amide bonds. The highest BCUT2D eigenvalue weighted by Gasteiger charge is 2.40. The van der Waals surface area contributed by atoms with Gasteiger partial charge in [0.2, 0.25) is 5.91 Å². The molecule has 2 aromatic carbocycles. The lowest BCUT2D eigenvalue weighted by Gasteiger charge is -2.15. The van der Waals surface area contributed by atoms with Crippen molar-refractivity contribution in [1.82, 2.24) is 10.7 Å². The van der Waals surface area contributed by atoms with Gasteiger partial charge in [0.25, 0.3) is 11.6 Å². The number of nitro groups is 1. The predicted octanol–water partition coefficient (Wildman–Crippen LogP) is 1.28. The second-order valence-electron chi connectivity index (χ2n) is 5.97. The van der Waals surface area contributed by atoms with Crippen LogP contribution in [0.3, 0.4) is 0 Å². The zero-order valence-electron chi connectivity index (χ0n) is 14.0. The Labute approximate surface area is 153 Å². The minimum atomic E-state index is -0.955. The number of nitrogens with one attached hydrogen (secondary N) is 2. The van der Waals surface area contributed by atoms with E-state index in [0.717, 1.165) is 23.9 Å². The largest absolute Gasteiger partial charge is 0.508 e. The summed E-state index contributed by atoms with van der Waals surface area (Å²) in [6, 6.07) is 12.6. The average molecular weight is 368 g/mol. The molecule has 0 aliphatic carbocycles. The van der Waals surface area contributed by atoms with Crippen LogP contribution in [-0.4, -0.2) is 34.6 Å². The number of nitrogens with zero attached hydrogens (tertiary/aromatic N) is 2. The van der Waals surface area contributed by atoms with Crippen LogP contribution in [0.1, 0.15) is 17.0 Å². The first-order valence-corrected chi connectivity index (χ1v) is 8.10. The van der Waals surface area contributed by atoms with Crippen LogP contribution < -0.4 is 10.7 Å². The van der Waals surface area contributed by atoms with Gasteiger partial charge in [-0.15, -0.1) is 0 Å². The Morgan fingerprint density at radius 1 is 1.30 bits per heavy atom. The van der Waals surface area contributed by atoms with E-state index in [1.807, 2.05) is 30.3 Å². The number of nitro benzene ring substituents is 1. The predicted molar refractivity (Wildman–Crippen MR) is 96.2 cm³/mol. The van der Waals surface area contributed by atoms with Gasteiger partial charge in [-0.1, -0.05) is 30.3 Å². The van der Waals surface area contributed by atoms with Crippen LogP contribution in [0.4, 0.5) is 5.69 Å². The summed E-state index contributed by atoms with van der Waals surface area (Å²) in [7, 11) is 0. The smallest absolute Gasteiger partial charge is 0.278 e. The second kappa shape index (κ2) is 7.65. The van der Waals surface area contributed by atoms with Crippen LogP contribution in [0.2, 0.25) is 0 Å². The second-order valence-corrected chi connectivity index (χ2v) is 5.97. The van der Waals surface area contributed by atoms with Crippen LogP contribution in [0.25, 0.3) is 0 Å². The molecular weight excluding hydrogens is 352 g/mol. The van der Waals surface area contributed by atoms with Crippen molar-refractivity contribution in [1.29, 1.82) is 0 Å². The van der Waals surface area contributed by atoms with Crippen LogP contribution in [0.5, 0.6) is 5.75 Å². The number of benzene rings is 2. The Morgan fingerprint density at radius 2 is 2.04 bits per heavy atom. The molecule has 1 saturated heterocycles. The molecular formula is C18H16N4O5. The Balaban J connectivity index is 1.75. The van der Waals surface area contributed by atoms with E-state index in [4.69, 9.17) is 0 Å². The third-order valence-electron chi connectivity index (χ3n) is 4.28. The summed E-state index contributed by atoms with van der Waals surface area (Å²) in [5.74, 6) is -2.47. The molecule has 0 spiro atoms. The van der Waals surface area contributed by atoms with Gasteiger partial charge in [0.15, 0.2) is 0 Å². The molecule has 2 atom stereocenters. The molecule has 0 unspecified atom stereocenters. The molecule has 9 heteroatoms. The van der Waals surface area contributed by atoms with Gasteiger partial charge in [0.05, 0.1) is 16.7 Å². The van der Waals surface area contributed by atoms with Gasteiger partial charge in [0.1, 0.15) is 11.7 Å². The number of hydrogen-bond donors (Lipinski definition) is 3. The van der Waals surface area contributed by atoms with E-state index < -0.39 is 22.7 Å². The number of amides is 2. The van der Waals surface area contributed by atoms with Crippen molar-refractivity contribution < 1.29 is 19.6 Å². The molecule has 0 saturated carbocycles. The zero-order chi connectivity index (χ0) is 19.4. The topological polar surface area (TPSA) is 134 Å². The molecule has 3 rings (SSSR count). The fourth-order valence-corrected chi connectivity index (χ4v) is 2.98. The molecule has 0 aromatic heterocycles. The van der Waals surface area contributed by atoms with Gasteiger partial charge < -0.3 is 10.4 Å². The van der Waals surface area contributed by atoms with Crippen molar-refractivity contribution in [3.8, 4) is 5.75 Å². The third kappa shape index (κ3) is 3.92. The molecule has 1 aliphatic rings. The van der Waals surface area contributed by atoms with E-state index in [1.165, 1.54) is 6.07 Å². The number of carbonyl (C=O) groups excluding carboxylic acids is 2. The first kappa shape index (κ1) is 18.1. The molecule has 2 aromatic rings. The molecule has 0 bridgehead atoms. The molecule has 1 heterocycles. The maximum absolute atomic E-state index is 12.4. The summed E-state index contributed by atoms with van der Waals surface area (Å²) in [6.45, 7) is 0.336. The maximum Gasteiger partial charge on any atom is 0.278 e. The molecule has 3 N–H and O–H groups in total. The number of hydrazone groups is 1. The molecule has 1 fully saturated rings. The quantitative estimate of drug-likeness (QED) is 0.316. The fraction of sp³-hybridized carbons (Fsp3) is 0.167. The summed E-state index contributed by atoms with van der Waals surface area (Å²) < 4.78 is 0. The number of rotatable bonds is 5. The van der Waals surface area contributed by atoms with Crippen molar-refractivity contribution in [2.75, 3.05) is 6.54 Å². The lowest BCUT2D eigenvalue weighted by molar-refractivity contribution is -0.385. The van der Waals surface area contributed by atoms with Gasteiger partial charge in [-0.3, -0.25) is 19.7 Å². The Morgan fingerprint density at radius 3 is 2.74 bits per heavy atom. The Bertz CT molecular complexity index is 913. The third-order valence-corrected chi connectivity index (χ3v) is 4.28. The first-order chi connectivity index (χ1) is 13.0. The summed E-state index contributed by atoms with van der Waals surface area (Å²) in [6.07, 6.45) is 1.06. The van der Waals surface area contributed by atoms with E-state index >= 15 is 0 Å². The van der Waals surface area contributed by atoms with E-state index in [-0.39, 0.29) is 22.9 Å². The van der Waals surface area contributed by atoms with Crippen LogP contribution in [0.15, 0.2) is 53.6 Å². The van der Waals surface area contributed by atoms with Gasteiger partial charge in [-0.2, -0.15) is 5.10 Å². The minimum Gasteiger partial charge on any atom is -0.508 e. The van der Waals surface area contributed by atoms with Gasteiger partial charge in [-0.25, -0.2) is 5.43 Å². The number of aromatic hydroxyl groups is 1. The molecule has 1 aliphatic heterocycles. The zero-order valence-corrected chi connectivity index (χ0v) is 14.0. The number of hydrogen-bond acceptors (Lipinski definition) is 6. The highest BCUT2D eigenvalue weighted by molar-refractivity contribution is 6.03. The standard InChI is InChI=1S/C18H16N4O5/c23-13-6-7-15(22(26)27)12(8-13)9-20-21-18(25)16-14(10-19-17(16)24)11-4-2-1-3-5-11/h1-9,14,16,23H,10H2,(H,19,24)(H,21,25)/b20-9+/t14-,16+/m0/s1. The van der Waals surface area contributed by atoms with Crippen molar-refractivity contribution >= 4 is 23.7 Å². The summed E-state index contributed by atoms with van der Waals surface area (Å²) in [5.41, 5.74) is 2.86. The van der Waals surface area contributed by atoms with Crippen molar-refractivity contribution in [2.45, 2.75) is 5.92 Å². The number of phenols is 1. The lowest BCUT2D eigenvalue weighted by atomic mass is 9.88. The Kier molecular flexibility index (Phi) is 5.11. The first-order valence-electron chi connectivity index (χ1n) is 8.10. The van der Waals surface area contributed by atoms with Crippen molar-refractivity contribution in [2.24, 2.45) is 11.0 Å². The molecule has 138 valence electrons. The van der Waals surface area contributed by atoms with Crippen LogP contribution >= 0.6 is 0 Å². The molecule has 9 nitrogen and oxygen atoms in total. The van der Waals surface area contributed by atoms with Crippen molar-refractivity contribution in [3.63, 3.8) is 0 Å². The van der Waals surface area contributed by atoms with Crippen LogP contribution in [0, 0.1) is 16.0 Å². The van der Waals surface area contributed by atoms with Gasteiger partial charge in [0, 0.05) is 18.5 Å². The van der Waals surface area contributed by atoms with E-state index in [9.17, 15) is 24.8 Å². The monoisotopic (exact) mass is 368 g/mol. The molecule has 27 heavy (non-hydrogen) atoms. The lowest BCUT2D eigenvalue weighted by Crippen LogP contribution is -2.34. The summed E-state index contributed by atoms with van der Waals surface area (Å²) in [5, 5.41) is 26.9. The maximum atomic E-state index is 12.4. The number of phenolic OH excluding ortho intramolecular Hbond substituents is 1. The summed E-state index contributed by atoms with van der Waals surface area (Å²) in [4.78, 5) is 34.9. The number of carbonyl (C=O) groups is 2. The fourth-order valence-electron chi connectivity index (χ4n) is 2.98. The summed E-state index contributed by atoms with van der Waals surface area (Å²) >= 11 is 0. The average Bonchev–Trinajstić information content (AvgIpc) is 3.04. The van der Waals surface area contributed by atoms with E-state index in [1.54, 1.807) is 0 Å². The Hall–Kier alpha value is -3.75. The van der Waals surface area contributed by atoms with E-state index in [0.29, 0.717) is 6.54 Å². The SMILES string of the molecule is O=C1NC[C@@H](c2ccccc2)[C@H]1C(=O)N/N=C/c1cc(O)ccc1[N+](=O)[O-]. The minimum absolute atomic E-state index is 0.0239. The van der Waals surface area contributed by atoms with Crippen LogP contribution in [-0.2, 0) is 9.59 Å². The van der Waals surface area contributed by atoms with E-state index in [2.05, 4.69) is 15.8 Å². The normalized spacial score (nSPS) is 19.0. The van der Waals surface area contributed by atoms with Crippen molar-refractivity contribution in [3.05, 3.63) is 69.8 Å². The highest BCUT2D eigenvalue weighted by Crippen LogP contribution is 2.29. The highest BCUT2D eigenvalue weighted by atomic mass is 16.6.